The molecule has 0 aliphatic heterocycles. The first-order chi connectivity index (χ1) is 16.1. The lowest BCUT2D eigenvalue weighted by Crippen LogP contribution is -2.14. The molecule has 0 aliphatic carbocycles. The molecule has 0 fully saturated rings. The molecule has 0 atom stereocenters. The summed E-state index contributed by atoms with van der Waals surface area (Å²) in [7, 11) is -13.0. The summed E-state index contributed by atoms with van der Waals surface area (Å²) in [5, 5.41) is 12.4. The lowest BCUT2D eigenvalue weighted by atomic mass is 10.1. The summed E-state index contributed by atoms with van der Waals surface area (Å²) < 4.78 is 88.9. The summed E-state index contributed by atoms with van der Waals surface area (Å²) in [5.74, 6) is -2.04. The number of hydrogen-bond donors (Lipinski definition) is 4. The molecule has 35 heavy (non-hydrogen) atoms. The molecule has 3 rings (SSSR count). The molecule has 188 valence electrons. The van der Waals surface area contributed by atoms with Gasteiger partial charge in [0.2, 0.25) is 0 Å². The second-order valence-electron chi connectivity index (χ2n) is 7.39. The maximum atomic E-state index is 12.8. The van der Waals surface area contributed by atoms with Crippen LogP contribution in [0.1, 0.15) is 15.9 Å². The summed E-state index contributed by atoms with van der Waals surface area (Å²) in [5.41, 5.74) is 0.164. The zero-order valence-electron chi connectivity index (χ0n) is 17.5. The van der Waals surface area contributed by atoms with E-state index in [2.05, 4.69) is 5.32 Å². The Morgan fingerprint density at radius 3 is 1.91 bits per heavy atom. The fourth-order valence-electron chi connectivity index (χ4n) is 3.23. The number of phenols is 1. The van der Waals surface area contributed by atoms with E-state index in [4.69, 9.17) is 11.6 Å². The number of aromatic hydroxyl groups is 1. The molecule has 0 aromatic heterocycles. The van der Waals surface area contributed by atoms with Crippen LogP contribution in [-0.2, 0) is 35.8 Å². The predicted molar refractivity (Wildman–Crippen MR) is 128 cm³/mol. The minimum atomic E-state index is -4.82. The Morgan fingerprint density at radius 1 is 0.857 bits per heavy atom. The van der Waals surface area contributed by atoms with Gasteiger partial charge in [-0.25, -0.2) is 8.42 Å². The third-order valence-electron chi connectivity index (χ3n) is 4.81. The van der Waals surface area contributed by atoms with Gasteiger partial charge in [-0.3, -0.25) is 13.9 Å². The van der Waals surface area contributed by atoms with Gasteiger partial charge in [0.25, 0.3) is 26.1 Å². The quantitative estimate of drug-likeness (QED) is 0.233. The molecule has 0 saturated heterocycles. The number of anilines is 1. The van der Waals surface area contributed by atoms with Crippen LogP contribution in [0.25, 0.3) is 10.8 Å². The molecule has 4 N–H and O–H groups in total. The van der Waals surface area contributed by atoms with Crippen molar-refractivity contribution in [3.05, 3.63) is 59.7 Å². The van der Waals surface area contributed by atoms with E-state index in [-0.39, 0.29) is 39.4 Å². The summed E-state index contributed by atoms with van der Waals surface area (Å²) in [6.07, 6.45) is 0. The van der Waals surface area contributed by atoms with Gasteiger partial charge in [-0.05, 0) is 41.3 Å². The first-order valence-electron chi connectivity index (χ1n) is 9.53. The predicted octanol–water partition coefficient (Wildman–Crippen LogP) is 2.44. The summed E-state index contributed by atoms with van der Waals surface area (Å²) >= 11 is 5.47. The van der Waals surface area contributed by atoms with Crippen LogP contribution in [0.3, 0.4) is 0 Å². The zero-order valence-corrected chi connectivity index (χ0v) is 20.7. The number of nitrogens with one attached hydrogen (secondary N) is 1. The molecule has 0 bridgehead atoms. The first-order valence-corrected chi connectivity index (χ1v) is 14.8. The van der Waals surface area contributed by atoms with Gasteiger partial charge in [0.1, 0.15) is 5.75 Å². The average Bonchev–Trinajstić information content (AvgIpc) is 2.72. The molecular weight excluding hydrogens is 546 g/mol. The van der Waals surface area contributed by atoms with E-state index in [1.807, 2.05) is 0 Å². The molecule has 0 radical (unpaired) electrons. The Kier molecular flexibility index (Phi) is 7.45. The highest BCUT2D eigenvalue weighted by atomic mass is 35.5. The van der Waals surface area contributed by atoms with E-state index in [9.17, 15) is 44.3 Å². The molecule has 0 spiro atoms. The van der Waals surface area contributed by atoms with Crippen LogP contribution < -0.4 is 5.32 Å². The summed E-state index contributed by atoms with van der Waals surface area (Å²) in [4.78, 5) is 11.3. The highest BCUT2D eigenvalue weighted by Gasteiger charge is 2.21. The van der Waals surface area contributed by atoms with Crippen LogP contribution in [0.2, 0.25) is 0 Å². The minimum Gasteiger partial charge on any atom is -0.507 e. The molecular formula is C20H18ClNO10S3. The minimum absolute atomic E-state index is 0.0444. The van der Waals surface area contributed by atoms with Gasteiger partial charge in [0.05, 0.1) is 27.0 Å². The molecule has 0 saturated carbocycles. The standard InChI is InChI=1S/C20H18ClNO10S3/c21-5-6-33(25,26)11-12-1-3-13(4-2-12)20(24)22-17-9-15(34(27,28)29)7-14-8-16(35(30,31)32)10-18(23)19(14)17/h1-4,7-10,23H,5-6,11H2,(H,22,24)(H,27,28,29)(H,30,31,32). The third-order valence-corrected chi connectivity index (χ3v) is 8.49. The molecule has 11 nitrogen and oxygen atoms in total. The maximum absolute atomic E-state index is 12.8. The normalized spacial score (nSPS) is 12.5. The number of carbonyl (C=O) groups excluding carboxylic acids is 1. The number of phenolic OH excluding ortho intramolecular Hbond substituents is 1. The van der Waals surface area contributed by atoms with Crippen LogP contribution in [0, 0.1) is 0 Å². The second kappa shape index (κ2) is 9.72. The number of amides is 1. The lowest BCUT2D eigenvalue weighted by Gasteiger charge is -2.13. The average molecular weight is 564 g/mol. The number of sulfone groups is 1. The molecule has 3 aromatic rings. The van der Waals surface area contributed by atoms with Crippen LogP contribution in [0.5, 0.6) is 5.75 Å². The highest BCUT2D eigenvalue weighted by Crippen LogP contribution is 2.36. The number of halogens is 1. The number of fused-ring (bicyclic) bond motifs is 1. The molecule has 0 unspecified atom stereocenters. The highest BCUT2D eigenvalue weighted by molar-refractivity contribution is 7.90. The molecule has 1 amide bonds. The van der Waals surface area contributed by atoms with Crippen molar-refractivity contribution in [1.29, 1.82) is 0 Å². The van der Waals surface area contributed by atoms with Gasteiger partial charge in [-0.15, -0.1) is 11.6 Å². The maximum Gasteiger partial charge on any atom is 0.294 e. The largest absolute Gasteiger partial charge is 0.507 e. The number of hydrogen-bond acceptors (Lipinski definition) is 8. The number of benzene rings is 3. The Labute approximate surface area is 205 Å². The Hall–Kier alpha value is -2.75. The van der Waals surface area contributed by atoms with E-state index >= 15 is 0 Å². The Bertz CT molecular complexity index is 1630. The fraction of sp³-hybridized carbons (Fsp3) is 0.150. The van der Waals surface area contributed by atoms with E-state index < -0.39 is 51.5 Å². The van der Waals surface area contributed by atoms with Crippen molar-refractivity contribution in [1.82, 2.24) is 0 Å². The van der Waals surface area contributed by atoms with Crippen LogP contribution in [0.4, 0.5) is 5.69 Å². The van der Waals surface area contributed by atoms with Crippen LogP contribution >= 0.6 is 11.6 Å². The second-order valence-corrected chi connectivity index (χ2v) is 12.8. The summed E-state index contributed by atoms with van der Waals surface area (Å²) in [6, 6.07) is 8.73. The van der Waals surface area contributed by atoms with Crippen molar-refractivity contribution < 1.29 is 44.3 Å². The number of carbonyl (C=O) groups is 1. The SMILES string of the molecule is O=C(Nc1cc(S(=O)(=O)O)cc2cc(S(=O)(=O)O)cc(O)c12)c1ccc(CS(=O)(=O)CCCl)cc1. The topological polar surface area (TPSA) is 192 Å². The Balaban J connectivity index is 2.03. The number of alkyl halides is 1. The third kappa shape index (κ3) is 6.48. The zero-order chi connectivity index (χ0) is 26.2. The van der Waals surface area contributed by atoms with Gasteiger partial charge < -0.3 is 10.4 Å². The van der Waals surface area contributed by atoms with Crippen LogP contribution in [-0.4, -0.2) is 57.0 Å². The van der Waals surface area contributed by atoms with E-state index in [1.54, 1.807) is 0 Å². The molecule has 15 heteroatoms. The van der Waals surface area contributed by atoms with Crippen molar-refractivity contribution in [3.63, 3.8) is 0 Å². The van der Waals surface area contributed by atoms with E-state index in [0.717, 1.165) is 18.2 Å². The van der Waals surface area contributed by atoms with Gasteiger partial charge in [-0.1, -0.05) is 12.1 Å². The van der Waals surface area contributed by atoms with Gasteiger partial charge in [0, 0.05) is 22.9 Å². The first kappa shape index (κ1) is 26.8. The van der Waals surface area contributed by atoms with Crippen molar-refractivity contribution >= 4 is 64.0 Å². The molecule has 0 aliphatic rings. The van der Waals surface area contributed by atoms with E-state index in [0.29, 0.717) is 11.6 Å². The molecule has 3 aromatic carbocycles. The van der Waals surface area contributed by atoms with Gasteiger partial charge >= 0.3 is 0 Å². The smallest absolute Gasteiger partial charge is 0.294 e. The lowest BCUT2D eigenvalue weighted by molar-refractivity contribution is 0.102. The van der Waals surface area contributed by atoms with Crippen LogP contribution in [0.15, 0.2) is 58.3 Å². The number of rotatable bonds is 8. The van der Waals surface area contributed by atoms with E-state index in [1.165, 1.54) is 24.3 Å². The van der Waals surface area contributed by atoms with Crippen molar-refractivity contribution in [2.45, 2.75) is 15.5 Å². The van der Waals surface area contributed by atoms with Crippen molar-refractivity contribution in [3.8, 4) is 5.75 Å². The monoisotopic (exact) mass is 563 g/mol. The Morgan fingerprint density at radius 2 is 1.40 bits per heavy atom. The molecule has 0 heterocycles. The fourth-order valence-corrected chi connectivity index (χ4v) is 6.09. The van der Waals surface area contributed by atoms with Crippen molar-refractivity contribution in [2.75, 3.05) is 16.9 Å². The summed E-state index contributed by atoms with van der Waals surface area (Å²) in [6.45, 7) is 0. The van der Waals surface area contributed by atoms with Gasteiger partial charge in [-0.2, -0.15) is 16.8 Å². The van der Waals surface area contributed by atoms with Crippen molar-refractivity contribution in [2.24, 2.45) is 0 Å². The van der Waals surface area contributed by atoms with Gasteiger partial charge in [0.15, 0.2) is 9.84 Å².